The normalized spacial score (nSPS) is 13.1. The van der Waals surface area contributed by atoms with Gasteiger partial charge in [-0.25, -0.2) is 0 Å². The quantitative estimate of drug-likeness (QED) is 0.161. The maximum atomic E-state index is 7.14. The largest absolute Gasteiger partial charge is 0.453 e. The van der Waals surface area contributed by atoms with Crippen LogP contribution in [0.5, 0.6) is 23.0 Å². The predicted molar refractivity (Wildman–Crippen MR) is 331 cm³/mol. The third-order valence-electron chi connectivity index (χ3n) is 16.4. The molecule has 0 radical (unpaired) electrons. The van der Waals surface area contributed by atoms with Gasteiger partial charge in [-0.05, 0) is 168 Å². The van der Waals surface area contributed by atoms with Gasteiger partial charge in [0.15, 0.2) is 23.0 Å². The molecule has 5 nitrogen and oxygen atoms in total. The van der Waals surface area contributed by atoms with Gasteiger partial charge >= 0.3 is 0 Å². The molecule has 0 saturated heterocycles. The molecule has 1 aromatic heterocycles. The monoisotopic (exact) mass is 1020 g/mol. The maximum Gasteiger partial charge on any atom is 0.152 e. The molecule has 2 aliphatic heterocycles. The van der Waals surface area contributed by atoms with Gasteiger partial charge in [-0.2, -0.15) is 0 Å². The Morgan fingerprint density at radius 2 is 0.709 bits per heavy atom. The molecule has 0 fully saturated rings. The molecular formula is C74H57N3O2. The molecule has 0 unspecified atom stereocenters. The second-order valence-electron chi connectivity index (χ2n) is 23.4. The lowest BCUT2D eigenvalue weighted by Gasteiger charge is -2.34. The lowest BCUT2D eigenvalue weighted by atomic mass is 9.86. The Hall–Kier alpha value is -9.58. The molecule has 0 N–H and O–H groups in total. The minimum atomic E-state index is 0.0613. The van der Waals surface area contributed by atoms with Gasteiger partial charge in [-0.15, -0.1) is 0 Å². The van der Waals surface area contributed by atoms with Crippen LogP contribution in [0.2, 0.25) is 0 Å². The molecule has 13 aromatic rings. The maximum absolute atomic E-state index is 7.14. The fourth-order valence-corrected chi connectivity index (χ4v) is 12.3. The van der Waals surface area contributed by atoms with E-state index in [0.29, 0.717) is 0 Å². The number of aromatic nitrogens is 1. The summed E-state index contributed by atoms with van der Waals surface area (Å²) >= 11 is 0. The first-order valence-corrected chi connectivity index (χ1v) is 27.5. The Morgan fingerprint density at radius 3 is 1.28 bits per heavy atom. The summed E-state index contributed by atoms with van der Waals surface area (Å²) in [4.78, 5) is 4.77. The summed E-state index contributed by atoms with van der Waals surface area (Å²) in [5.74, 6) is 3.27. The average molecular weight is 1020 g/mol. The molecule has 12 aromatic carbocycles. The van der Waals surface area contributed by atoms with Crippen molar-refractivity contribution in [3.8, 4) is 50.9 Å². The lowest BCUT2D eigenvalue weighted by molar-refractivity contribution is 0.477. The van der Waals surface area contributed by atoms with Crippen LogP contribution in [-0.2, 0) is 10.8 Å². The lowest BCUT2D eigenvalue weighted by Crippen LogP contribution is -2.16. The van der Waals surface area contributed by atoms with E-state index in [1.807, 2.05) is 0 Å². The summed E-state index contributed by atoms with van der Waals surface area (Å²) in [6, 6.07) is 86.4. The molecule has 380 valence electrons. The minimum Gasteiger partial charge on any atom is -0.453 e. The van der Waals surface area contributed by atoms with E-state index in [1.165, 1.54) is 48.8 Å². The molecule has 0 aliphatic carbocycles. The Bertz CT molecular complexity index is 4600. The van der Waals surface area contributed by atoms with E-state index >= 15 is 0 Å². The van der Waals surface area contributed by atoms with E-state index in [-0.39, 0.29) is 10.8 Å². The highest BCUT2D eigenvalue weighted by Crippen LogP contribution is 2.56. The van der Waals surface area contributed by atoms with E-state index in [1.54, 1.807) is 0 Å². The molecule has 15 rings (SSSR count). The van der Waals surface area contributed by atoms with Crippen LogP contribution >= 0.6 is 0 Å². The van der Waals surface area contributed by atoms with Crippen molar-refractivity contribution >= 4 is 88.2 Å². The molecule has 0 spiro atoms. The Kier molecular flexibility index (Phi) is 10.3. The Balaban J connectivity index is 0.891. The Morgan fingerprint density at radius 1 is 0.266 bits per heavy atom. The summed E-state index contributed by atoms with van der Waals surface area (Å²) in [5, 5.41) is 9.46. The van der Waals surface area contributed by atoms with E-state index in [4.69, 9.17) is 9.47 Å². The molecule has 0 bridgehead atoms. The first kappa shape index (κ1) is 46.7. The number of para-hydroxylation sites is 4. The van der Waals surface area contributed by atoms with Crippen LogP contribution in [-0.4, -0.2) is 4.57 Å². The summed E-state index contributed by atoms with van der Waals surface area (Å²) in [7, 11) is 0. The molecule has 3 heterocycles. The van der Waals surface area contributed by atoms with Crippen molar-refractivity contribution in [1.29, 1.82) is 0 Å². The highest BCUT2D eigenvalue weighted by atomic mass is 16.5. The van der Waals surface area contributed by atoms with Crippen molar-refractivity contribution in [3.05, 3.63) is 248 Å². The average Bonchev–Trinajstić information content (AvgIpc) is 3.84. The molecular weight excluding hydrogens is 963 g/mol. The third-order valence-corrected chi connectivity index (χ3v) is 16.4. The van der Waals surface area contributed by atoms with Gasteiger partial charge in [0.2, 0.25) is 0 Å². The number of nitrogens with zero attached hydrogens (tertiary/aromatic N) is 3. The van der Waals surface area contributed by atoms with Gasteiger partial charge < -0.3 is 23.8 Å². The summed E-state index contributed by atoms with van der Waals surface area (Å²) < 4.78 is 16.3. The van der Waals surface area contributed by atoms with Crippen molar-refractivity contribution in [3.63, 3.8) is 0 Å². The smallest absolute Gasteiger partial charge is 0.152 e. The number of anilines is 6. The van der Waals surface area contributed by atoms with Crippen LogP contribution in [0.4, 0.5) is 34.1 Å². The van der Waals surface area contributed by atoms with Crippen LogP contribution in [0.3, 0.4) is 0 Å². The predicted octanol–water partition coefficient (Wildman–Crippen LogP) is 21.3. The molecule has 79 heavy (non-hydrogen) atoms. The zero-order chi connectivity index (χ0) is 53.3. The number of fused-ring (bicyclic) bond motifs is 13. The van der Waals surface area contributed by atoms with E-state index in [2.05, 4.69) is 292 Å². The third kappa shape index (κ3) is 7.59. The van der Waals surface area contributed by atoms with Crippen LogP contribution in [0.15, 0.2) is 237 Å². The number of hydrogen-bond acceptors (Lipinski definition) is 4. The van der Waals surface area contributed by atoms with Crippen LogP contribution in [0.25, 0.3) is 82.1 Å². The van der Waals surface area contributed by atoms with Gasteiger partial charge in [0.25, 0.3) is 0 Å². The van der Waals surface area contributed by atoms with Gasteiger partial charge in [0.1, 0.15) is 0 Å². The Labute approximate surface area is 460 Å². The van der Waals surface area contributed by atoms with Crippen molar-refractivity contribution in [2.75, 3.05) is 9.80 Å². The number of ether oxygens (including phenoxy) is 2. The fourth-order valence-electron chi connectivity index (χ4n) is 12.3. The minimum absolute atomic E-state index is 0.0613. The summed E-state index contributed by atoms with van der Waals surface area (Å²) in [6.07, 6.45) is 0. The van der Waals surface area contributed by atoms with Gasteiger partial charge in [0.05, 0.1) is 33.8 Å². The first-order chi connectivity index (χ1) is 38.4. The second-order valence-corrected chi connectivity index (χ2v) is 23.4. The molecule has 2 aliphatic rings. The fraction of sp³-hybridized carbons (Fsp3) is 0.108. The van der Waals surface area contributed by atoms with Crippen molar-refractivity contribution in [2.45, 2.75) is 52.4 Å². The highest BCUT2D eigenvalue weighted by Gasteiger charge is 2.31. The van der Waals surface area contributed by atoms with Crippen molar-refractivity contribution < 1.29 is 9.47 Å². The van der Waals surface area contributed by atoms with Gasteiger partial charge in [0, 0.05) is 27.8 Å². The van der Waals surface area contributed by atoms with E-state index in [0.717, 1.165) is 101 Å². The van der Waals surface area contributed by atoms with Gasteiger partial charge in [-0.1, -0.05) is 187 Å². The summed E-state index contributed by atoms with van der Waals surface area (Å²) in [5.41, 5.74) is 16.8. The zero-order valence-electron chi connectivity index (χ0n) is 45.2. The SMILES string of the molecule is CC(C)(C)c1ccc(-c2ccc3c(c2)Oc2ccccc2N3c2ccc3c4ccc(N5c6ccc(-c7ccc(C(C)(C)C)cc7)cc6Oc6cc7c8ccccc8n(-c8ccccc8)c7cc65)cc4c4ccccc4c3c2)cc1. The highest BCUT2D eigenvalue weighted by molar-refractivity contribution is 6.26. The topological polar surface area (TPSA) is 29.9 Å². The van der Waals surface area contributed by atoms with E-state index < -0.39 is 0 Å². The molecule has 5 heteroatoms. The first-order valence-electron chi connectivity index (χ1n) is 27.5. The van der Waals surface area contributed by atoms with E-state index in [9.17, 15) is 0 Å². The van der Waals surface area contributed by atoms with Gasteiger partial charge in [-0.3, -0.25) is 0 Å². The van der Waals surface area contributed by atoms with Crippen LogP contribution < -0.4 is 19.3 Å². The van der Waals surface area contributed by atoms with Crippen molar-refractivity contribution in [1.82, 2.24) is 4.57 Å². The second kappa shape index (κ2) is 17.5. The standard InChI is InChI=1S/C74H57N3O2/c1-73(2,3)50-30-24-46(25-31-50)48-28-38-65-70(40-48)78-69-23-15-14-22-64(69)76(65)53-34-36-57-58-37-35-54(43-61(58)56-19-11-10-18-55(56)60(57)42-53)77-66-39-29-49(47-26-32-51(33-27-47)74(4,5)6)41-71(66)79-72-44-62-59-20-12-13-21-63(59)75(67(62)45-68(72)77)52-16-8-7-9-17-52/h7-45H,1-6H3. The van der Waals surface area contributed by atoms with Crippen LogP contribution in [0.1, 0.15) is 52.7 Å². The number of rotatable bonds is 5. The molecule has 0 amide bonds. The van der Waals surface area contributed by atoms with Crippen LogP contribution in [0, 0.1) is 0 Å². The zero-order valence-corrected chi connectivity index (χ0v) is 45.2. The summed E-state index contributed by atoms with van der Waals surface area (Å²) in [6.45, 7) is 13.5. The number of hydrogen-bond donors (Lipinski definition) is 0. The molecule has 0 saturated carbocycles. The molecule has 0 atom stereocenters. The number of benzene rings is 12. The van der Waals surface area contributed by atoms with Crippen molar-refractivity contribution in [2.24, 2.45) is 0 Å².